The van der Waals surface area contributed by atoms with Gasteiger partial charge in [-0.05, 0) is 0 Å². The minimum atomic E-state index is -3.72. The Morgan fingerprint density at radius 3 is 2.79 bits per heavy atom. The third-order valence-corrected chi connectivity index (χ3v) is 4.17. The minimum Gasteiger partial charge on any atom is -0.465 e. The zero-order chi connectivity index (χ0) is 21.1. The van der Waals surface area contributed by atoms with Gasteiger partial charge in [-0.15, -0.1) is 6.58 Å². The second-order valence-electron chi connectivity index (χ2n) is 5.95. The van der Waals surface area contributed by atoms with E-state index in [0.29, 0.717) is 0 Å². The van der Waals surface area contributed by atoms with Crippen molar-refractivity contribution in [1.29, 1.82) is 0 Å². The number of halogens is 2. The number of carbonyl (C=O) groups excluding carboxylic acids is 3. The minimum absolute atomic E-state index is 0.0278. The molecule has 5 unspecified atom stereocenters. The van der Waals surface area contributed by atoms with Gasteiger partial charge in [-0.25, -0.2) is 18.8 Å². The Morgan fingerprint density at radius 2 is 2.21 bits per heavy atom. The topological polar surface area (TPSA) is 153 Å². The maximum atomic E-state index is 15.0. The van der Waals surface area contributed by atoms with Crippen molar-refractivity contribution in [3.05, 3.63) is 12.7 Å². The SMILES string of the molecule is C=CCNC(=O)O[C@@H](C1OC(F)(C(=O)OC)C(F)C2OC(=O)NC21)[C@H](O)CO. The summed E-state index contributed by atoms with van der Waals surface area (Å²) in [6.07, 6.45) is -11.1. The van der Waals surface area contributed by atoms with Crippen LogP contribution in [-0.2, 0) is 23.7 Å². The predicted molar refractivity (Wildman–Crippen MR) is 84.4 cm³/mol. The molecule has 0 aromatic carbocycles. The number of carbonyl (C=O) groups is 3. The first-order valence-electron chi connectivity index (χ1n) is 8.10. The number of ether oxygens (including phenoxy) is 4. The van der Waals surface area contributed by atoms with Crippen molar-refractivity contribution >= 4 is 18.2 Å². The summed E-state index contributed by atoms with van der Waals surface area (Å²) in [6.45, 7) is 2.37. The molecule has 0 aromatic heterocycles. The molecule has 2 fully saturated rings. The Kier molecular flexibility index (Phi) is 6.74. The van der Waals surface area contributed by atoms with Crippen LogP contribution in [-0.4, -0.2) is 91.1 Å². The van der Waals surface area contributed by atoms with Crippen molar-refractivity contribution in [2.45, 2.75) is 42.5 Å². The fourth-order valence-electron chi connectivity index (χ4n) is 2.87. The van der Waals surface area contributed by atoms with Gasteiger partial charge in [0.2, 0.25) is 6.17 Å². The number of fused-ring (bicyclic) bond motifs is 1. The highest BCUT2D eigenvalue weighted by atomic mass is 19.2. The lowest BCUT2D eigenvalue weighted by Gasteiger charge is -2.43. The molecule has 0 aromatic rings. The molecular weight excluding hydrogens is 390 g/mol. The summed E-state index contributed by atoms with van der Waals surface area (Å²) in [5, 5.41) is 23.6. The van der Waals surface area contributed by atoms with Crippen LogP contribution in [0, 0.1) is 0 Å². The smallest absolute Gasteiger partial charge is 0.408 e. The maximum Gasteiger partial charge on any atom is 0.408 e. The number of alkyl carbamates (subject to hydrolysis) is 2. The van der Waals surface area contributed by atoms with Gasteiger partial charge in [-0.2, -0.15) is 4.39 Å². The van der Waals surface area contributed by atoms with Crippen LogP contribution >= 0.6 is 0 Å². The lowest BCUT2D eigenvalue weighted by Crippen LogP contribution is -2.69. The molecule has 0 saturated carbocycles. The summed E-state index contributed by atoms with van der Waals surface area (Å²) in [6, 6.07) is -1.45. The molecule has 0 radical (unpaired) electrons. The van der Waals surface area contributed by atoms with Crippen LogP contribution in [0.15, 0.2) is 12.7 Å². The summed E-state index contributed by atoms with van der Waals surface area (Å²) in [7, 11) is 0.777. The molecule has 13 heteroatoms. The number of alkyl halides is 2. The van der Waals surface area contributed by atoms with E-state index in [1.54, 1.807) is 0 Å². The standard InChI is InChI=1S/C15H20F2N2O9/c1-3-4-18-13(23)26-8(6(21)5-20)9-7-10(27-14(24)19-7)11(16)15(17,28-9)12(22)25-2/h3,6-11,20-21H,1,4-5H2,2H3,(H,18,23)(H,19,24)/t6-,7?,8-,9?,10?,11?,15?/m1/s1. The fourth-order valence-corrected chi connectivity index (χ4v) is 2.87. The quantitative estimate of drug-likeness (QED) is 0.227. The lowest BCUT2D eigenvalue weighted by molar-refractivity contribution is -0.286. The molecule has 2 aliphatic rings. The van der Waals surface area contributed by atoms with Crippen LogP contribution in [0.1, 0.15) is 0 Å². The van der Waals surface area contributed by atoms with E-state index in [-0.39, 0.29) is 6.54 Å². The van der Waals surface area contributed by atoms with Gasteiger partial charge in [0.25, 0.3) is 0 Å². The number of esters is 1. The normalized spacial score (nSPS) is 33.5. The van der Waals surface area contributed by atoms with Gasteiger partial charge >= 0.3 is 24.0 Å². The Morgan fingerprint density at radius 1 is 1.54 bits per heavy atom. The number of aliphatic hydroxyl groups is 2. The van der Waals surface area contributed by atoms with E-state index in [1.807, 2.05) is 0 Å². The zero-order valence-corrected chi connectivity index (χ0v) is 14.7. The van der Waals surface area contributed by atoms with E-state index < -0.39 is 67.2 Å². The maximum absolute atomic E-state index is 15.0. The molecule has 2 amide bonds. The molecule has 158 valence electrons. The summed E-state index contributed by atoms with van der Waals surface area (Å²) in [5.74, 6) is -5.49. The predicted octanol–water partition coefficient (Wildman–Crippen LogP) is -1.33. The largest absolute Gasteiger partial charge is 0.465 e. The third-order valence-electron chi connectivity index (χ3n) is 4.17. The second kappa shape index (κ2) is 8.67. The highest BCUT2D eigenvalue weighted by molar-refractivity contribution is 5.79. The zero-order valence-electron chi connectivity index (χ0n) is 14.7. The third kappa shape index (κ3) is 4.00. The van der Waals surface area contributed by atoms with E-state index in [2.05, 4.69) is 26.7 Å². The number of aliphatic hydroxyl groups excluding tert-OH is 2. The van der Waals surface area contributed by atoms with Crippen molar-refractivity contribution in [2.24, 2.45) is 0 Å². The summed E-state index contributed by atoms with van der Waals surface area (Å²) in [5.41, 5.74) is 0. The fraction of sp³-hybridized carbons (Fsp3) is 0.667. The molecule has 2 heterocycles. The van der Waals surface area contributed by atoms with Crippen molar-refractivity contribution < 1.29 is 52.3 Å². The van der Waals surface area contributed by atoms with Gasteiger partial charge in [0.15, 0.2) is 12.2 Å². The van der Waals surface area contributed by atoms with E-state index >= 15 is 4.39 Å². The van der Waals surface area contributed by atoms with Crippen LogP contribution in [0.2, 0.25) is 0 Å². The van der Waals surface area contributed by atoms with Gasteiger partial charge in [-0.1, -0.05) is 6.08 Å². The number of rotatable bonds is 7. The molecular formula is C15H20F2N2O9. The van der Waals surface area contributed by atoms with Crippen molar-refractivity contribution in [3.63, 3.8) is 0 Å². The van der Waals surface area contributed by atoms with Crippen LogP contribution in [0.5, 0.6) is 0 Å². The Hall–Kier alpha value is -2.51. The van der Waals surface area contributed by atoms with E-state index in [0.717, 1.165) is 7.11 Å². The van der Waals surface area contributed by atoms with Crippen LogP contribution in [0.3, 0.4) is 0 Å². The number of nitrogens with one attached hydrogen (secondary N) is 2. The average molecular weight is 410 g/mol. The first-order chi connectivity index (χ1) is 13.2. The second-order valence-corrected chi connectivity index (χ2v) is 5.95. The Bertz CT molecular complexity index is 637. The summed E-state index contributed by atoms with van der Waals surface area (Å²) >= 11 is 0. The molecule has 0 bridgehead atoms. The average Bonchev–Trinajstić information content (AvgIpc) is 3.07. The molecule has 28 heavy (non-hydrogen) atoms. The summed E-state index contributed by atoms with van der Waals surface area (Å²) < 4.78 is 48.3. The molecule has 7 atom stereocenters. The van der Waals surface area contributed by atoms with E-state index in [4.69, 9.17) is 9.47 Å². The Labute approximate surface area is 157 Å². The molecule has 0 aliphatic carbocycles. The molecule has 2 saturated heterocycles. The molecule has 2 aliphatic heterocycles. The number of amides is 2. The lowest BCUT2D eigenvalue weighted by atomic mass is 9.88. The van der Waals surface area contributed by atoms with Gasteiger partial charge in [0.1, 0.15) is 18.2 Å². The first-order valence-corrected chi connectivity index (χ1v) is 8.10. The molecule has 2 rings (SSSR count). The van der Waals surface area contributed by atoms with Crippen molar-refractivity contribution in [1.82, 2.24) is 10.6 Å². The van der Waals surface area contributed by atoms with Crippen molar-refractivity contribution in [3.8, 4) is 0 Å². The monoisotopic (exact) mass is 410 g/mol. The highest BCUT2D eigenvalue weighted by Gasteiger charge is 2.67. The molecule has 0 spiro atoms. The van der Waals surface area contributed by atoms with Crippen LogP contribution in [0.25, 0.3) is 0 Å². The van der Waals surface area contributed by atoms with Crippen LogP contribution < -0.4 is 10.6 Å². The van der Waals surface area contributed by atoms with Gasteiger partial charge in [-0.3, -0.25) is 0 Å². The van der Waals surface area contributed by atoms with Gasteiger partial charge in [0.05, 0.1) is 13.7 Å². The Balaban J connectivity index is 2.38. The van der Waals surface area contributed by atoms with Crippen LogP contribution in [0.4, 0.5) is 18.4 Å². The number of hydrogen-bond acceptors (Lipinski definition) is 9. The van der Waals surface area contributed by atoms with Gasteiger partial charge in [0, 0.05) is 6.54 Å². The highest BCUT2D eigenvalue weighted by Crippen LogP contribution is 2.40. The van der Waals surface area contributed by atoms with E-state index in [9.17, 15) is 29.0 Å². The number of hydrogen-bond donors (Lipinski definition) is 4. The number of methoxy groups -OCH3 is 1. The molecule has 4 N–H and O–H groups in total. The van der Waals surface area contributed by atoms with E-state index in [1.165, 1.54) is 6.08 Å². The summed E-state index contributed by atoms with van der Waals surface area (Å²) in [4.78, 5) is 35.2. The van der Waals surface area contributed by atoms with Crippen molar-refractivity contribution in [2.75, 3.05) is 20.3 Å². The molecule has 11 nitrogen and oxygen atoms in total. The first kappa shape index (κ1) is 21.8. The van der Waals surface area contributed by atoms with Gasteiger partial charge < -0.3 is 39.8 Å².